The van der Waals surface area contributed by atoms with Gasteiger partial charge in [0.15, 0.2) is 5.65 Å². The average Bonchev–Trinajstić information content (AvgIpc) is 3.12. The van der Waals surface area contributed by atoms with Crippen molar-refractivity contribution in [3.63, 3.8) is 0 Å². The van der Waals surface area contributed by atoms with Gasteiger partial charge in [0.2, 0.25) is 5.91 Å². The molecule has 3 heterocycles. The van der Waals surface area contributed by atoms with Crippen molar-refractivity contribution in [2.24, 2.45) is 5.73 Å². The predicted molar refractivity (Wildman–Crippen MR) is 99.1 cm³/mol. The summed E-state index contributed by atoms with van der Waals surface area (Å²) in [6, 6.07) is 9.68. The van der Waals surface area contributed by atoms with E-state index in [0.29, 0.717) is 0 Å². The van der Waals surface area contributed by atoms with E-state index in [1.807, 2.05) is 48.1 Å². The lowest BCUT2D eigenvalue weighted by Gasteiger charge is -2.37. The van der Waals surface area contributed by atoms with Crippen LogP contribution in [0.25, 0.3) is 16.7 Å². The Labute approximate surface area is 151 Å². The number of hydrogen-bond acceptors (Lipinski definition) is 6. The first kappa shape index (κ1) is 16.5. The second-order valence-electron chi connectivity index (χ2n) is 6.43. The molecule has 1 aliphatic heterocycles. The molecule has 1 amide bonds. The number of rotatable bonds is 4. The van der Waals surface area contributed by atoms with E-state index in [4.69, 9.17) is 5.73 Å². The van der Waals surface area contributed by atoms with Crippen LogP contribution in [0.2, 0.25) is 0 Å². The molecule has 1 atom stereocenters. The smallest absolute Gasteiger partial charge is 0.234 e. The fraction of sp³-hybridized carbons (Fsp3) is 0.333. The summed E-state index contributed by atoms with van der Waals surface area (Å²) in [6.07, 6.45) is 3.40. The molecule has 0 radical (unpaired) electrons. The van der Waals surface area contributed by atoms with E-state index >= 15 is 0 Å². The molecule has 0 spiro atoms. The first-order valence-corrected chi connectivity index (χ1v) is 8.67. The molecule has 2 aromatic heterocycles. The average molecular weight is 351 g/mol. The van der Waals surface area contributed by atoms with Crippen LogP contribution in [0.5, 0.6) is 0 Å². The third-order valence-corrected chi connectivity index (χ3v) is 4.92. The van der Waals surface area contributed by atoms with E-state index in [2.05, 4.69) is 24.9 Å². The highest BCUT2D eigenvalue weighted by molar-refractivity contribution is 5.87. The van der Waals surface area contributed by atoms with Crippen LogP contribution >= 0.6 is 0 Å². The Kier molecular flexibility index (Phi) is 4.26. The first-order chi connectivity index (χ1) is 12.6. The molecule has 1 aliphatic rings. The van der Waals surface area contributed by atoms with Crippen molar-refractivity contribution in [3.05, 3.63) is 42.9 Å². The fourth-order valence-electron chi connectivity index (χ4n) is 3.34. The van der Waals surface area contributed by atoms with Crippen molar-refractivity contribution in [1.29, 1.82) is 0 Å². The van der Waals surface area contributed by atoms with Crippen molar-refractivity contribution in [2.75, 3.05) is 31.1 Å². The molecule has 4 rings (SSSR count). The standard InChI is InChI=1S/C18H21N7O/c1-13(16(19)26)23-7-9-24(10-8-23)17-15-11-22-25(18(15)21-12-20-17)14-5-3-2-4-6-14/h2-6,11-13H,7-10H2,1H3,(H2,19,26). The third kappa shape index (κ3) is 2.88. The summed E-state index contributed by atoms with van der Waals surface area (Å²) in [4.78, 5) is 24.6. The molecule has 1 fully saturated rings. The number of carbonyl (C=O) groups is 1. The highest BCUT2D eigenvalue weighted by Crippen LogP contribution is 2.25. The number of primary amides is 1. The van der Waals surface area contributed by atoms with Crippen molar-refractivity contribution < 1.29 is 4.79 Å². The van der Waals surface area contributed by atoms with E-state index in [1.54, 1.807) is 6.33 Å². The van der Waals surface area contributed by atoms with E-state index in [9.17, 15) is 4.79 Å². The van der Waals surface area contributed by atoms with E-state index in [-0.39, 0.29) is 11.9 Å². The molecule has 0 aliphatic carbocycles. The van der Waals surface area contributed by atoms with Gasteiger partial charge in [-0.2, -0.15) is 5.10 Å². The Morgan fingerprint density at radius 3 is 2.54 bits per heavy atom. The molecule has 26 heavy (non-hydrogen) atoms. The molecule has 0 saturated carbocycles. The lowest BCUT2D eigenvalue weighted by Crippen LogP contribution is -2.53. The second kappa shape index (κ2) is 6.72. The molecular formula is C18H21N7O. The van der Waals surface area contributed by atoms with Gasteiger partial charge in [-0.15, -0.1) is 0 Å². The first-order valence-electron chi connectivity index (χ1n) is 8.67. The second-order valence-corrected chi connectivity index (χ2v) is 6.43. The summed E-state index contributed by atoms with van der Waals surface area (Å²) in [7, 11) is 0. The molecule has 3 aromatic rings. The Hall–Kier alpha value is -3.00. The van der Waals surface area contributed by atoms with E-state index < -0.39 is 0 Å². The Bertz CT molecular complexity index is 916. The maximum Gasteiger partial charge on any atom is 0.234 e. The van der Waals surface area contributed by atoms with Gasteiger partial charge in [0.1, 0.15) is 12.1 Å². The van der Waals surface area contributed by atoms with Gasteiger partial charge in [-0.1, -0.05) is 18.2 Å². The summed E-state index contributed by atoms with van der Waals surface area (Å²) < 4.78 is 1.83. The maximum absolute atomic E-state index is 11.4. The van der Waals surface area contributed by atoms with Crippen molar-refractivity contribution in [3.8, 4) is 5.69 Å². The van der Waals surface area contributed by atoms with Crippen LogP contribution in [0.3, 0.4) is 0 Å². The number of benzene rings is 1. The predicted octanol–water partition coefficient (Wildman–Crippen LogP) is 0.811. The van der Waals surface area contributed by atoms with Crippen LogP contribution in [0, 0.1) is 0 Å². The summed E-state index contributed by atoms with van der Waals surface area (Å²) >= 11 is 0. The Morgan fingerprint density at radius 2 is 1.85 bits per heavy atom. The minimum absolute atomic E-state index is 0.247. The van der Waals surface area contributed by atoms with Crippen LogP contribution in [-0.4, -0.2) is 62.8 Å². The van der Waals surface area contributed by atoms with Crippen LogP contribution < -0.4 is 10.6 Å². The van der Waals surface area contributed by atoms with Crippen molar-refractivity contribution in [2.45, 2.75) is 13.0 Å². The summed E-state index contributed by atoms with van der Waals surface area (Å²) in [5.41, 5.74) is 7.17. The Balaban J connectivity index is 1.61. The number of amides is 1. The van der Waals surface area contributed by atoms with Crippen molar-refractivity contribution in [1.82, 2.24) is 24.6 Å². The highest BCUT2D eigenvalue weighted by Gasteiger charge is 2.26. The quantitative estimate of drug-likeness (QED) is 0.748. The van der Waals surface area contributed by atoms with Gasteiger partial charge in [0.25, 0.3) is 0 Å². The van der Waals surface area contributed by atoms with Gasteiger partial charge >= 0.3 is 0 Å². The minimum atomic E-state index is -0.285. The SMILES string of the molecule is CC(C(N)=O)N1CCN(c2ncnc3c2cnn3-c2ccccc2)CC1. The summed E-state index contributed by atoms with van der Waals surface area (Å²) in [5.74, 6) is 0.593. The Morgan fingerprint density at radius 1 is 1.12 bits per heavy atom. The van der Waals surface area contributed by atoms with Gasteiger partial charge < -0.3 is 10.6 Å². The number of piperazine rings is 1. The minimum Gasteiger partial charge on any atom is -0.368 e. The molecule has 1 unspecified atom stereocenters. The third-order valence-electron chi connectivity index (χ3n) is 4.92. The van der Waals surface area contributed by atoms with Gasteiger partial charge in [-0.25, -0.2) is 14.6 Å². The monoisotopic (exact) mass is 351 g/mol. The molecule has 1 saturated heterocycles. The van der Waals surface area contributed by atoms with Crippen LogP contribution in [0.4, 0.5) is 5.82 Å². The number of anilines is 1. The van der Waals surface area contributed by atoms with Crippen molar-refractivity contribution >= 4 is 22.8 Å². The highest BCUT2D eigenvalue weighted by atomic mass is 16.1. The number of nitrogens with two attached hydrogens (primary N) is 1. The molecule has 134 valence electrons. The summed E-state index contributed by atoms with van der Waals surface area (Å²) in [5, 5.41) is 5.43. The lowest BCUT2D eigenvalue weighted by molar-refractivity contribution is -0.122. The molecule has 1 aromatic carbocycles. The normalized spacial score (nSPS) is 16.7. The zero-order chi connectivity index (χ0) is 18.1. The molecule has 0 bridgehead atoms. The number of fused-ring (bicyclic) bond motifs is 1. The molecule has 8 heteroatoms. The largest absolute Gasteiger partial charge is 0.368 e. The fourth-order valence-corrected chi connectivity index (χ4v) is 3.34. The zero-order valence-corrected chi connectivity index (χ0v) is 14.6. The molecule has 8 nitrogen and oxygen atoms in total. The number of hydrogen-bond donors (Lipinski definition) is 1. The topological polar surface area (TPSA) is 93.2 Å². The number of nitrogens with zero attached hydrogens (tertiary/aromatic N) is 6. The number of para-hydroxylation sites is 1. The zero-order valence-electron chi connectivity index (χ0n) is 14.6. The maximum atomic E-state index is 11.4. The lowest BCUT2D eigenvalue weighted by atomic mass is 10.2. The van der Waals surface area contributed by atoms with Crippen LogP contribution in [-0.2, 0) is 4.79 Å². The molecule has 2 N–H and O–H groups in total. The summed E-state index contributed by atoms with van der Waals surface area (Å²) in [6.45, 7) is 4.94. The number of aromatic nitrogens is 4. The van der Waals surface area contributed by atoms with Gasteiger partial charge in [0.05, 0.1) is 23.3 Å². The molecular weight excluding hydrogens is 330 g/mol. The van der Waals surface area contributed by atoms with Crippen LogP contribution in [0.15, 0.2) is 42.9 Å². The van der Waals surface area contributed by atoms with Crippen LogP contribution in [0.1, 0.15) is 6.92 Å². The van der Waals surface area contributed by atoms with E-state index in [1.165, 1.54) is 0 Å². The van der Waals surface area contributed by atoms with Gasteiger partial charge in [-0.3, -0.25) is 9.69 Å². The number of carbonyl (C=O) groups excluding carboxylic acids is 1. The van der Waals surface area contributed by atoms with Gasteiger partial charge in [0, 0.05) is 26.2 Å². The van der Waals surface area contributed by atoms with Gasteiger partial charge in [-0.05, 0) is 19.1 Å². The van der Waals surface area contributed by atoms with E-state index in [0.717, 1.165) is 48.7 Å².